The van der Waals surface area contributed by atoms with E-state index in [1.807, 2.05) is 32.0 Å². The fraction of sp³-hybridized carbons (Fsp3) is 0.417. The van der Waals surface area contributed by atoms with E-state index in [-0.39, 0.29) is 29.7 Å². The number of sulfonamides is 1. The molecule has 2 aliphatic rings. The number of aryl methyl sites for hydroxylation is 2. The summed E-state index contributed by atoms with van der Waals surface area (Å²) in [7, 11) is -3.65. The van der Waals surface area contributed by atoms with Crippen LogP contribution in [0.4, 0.5) is 11.4 Å². The lowest BCUT2D eigenvalue weighted by Crippen LogP contribution is -2.38. The van der Waals surface area contributed by atoms with Crippen molar-refractivity contribution < 1.29 is 18.0 Å². The van der Waals surface area contributed by atoms with Crippen LogP contribution in [0.25, 0.3) is 0 Å². The molecule has 176 valence electrons. The highest BCUT2D eigenvalue weighted by atomic mass is 32.2. The zero-order chi connectivity index (χ0) is 23.6. The van der Waals surface area contributed by atoms with Crippen molar-refractivity contribution >= 4 is 45.0 Å². The molecule has 0 saturated carbocycles. The number of hydrogen-bond donors (Lipinski definition) is 1. The third-order valence-electron chi connectivity index (χ3n) is 6.14. The SMILES string of the molecule is Cc1ccc(NC(=O)CN2C(=O)CCSc3ccc(S(=O)(=O)N4CCCCC4)cc32)cc1C. The summed E-state index contributed by atoms with van der Waals surface area (Å²) >= 11 is 1.50. The first kappa shape index (κ1) is 23.8. The topological polar surface area (TPSA) is 86.8 Å². The Kier molecular flexibility index (Phi) is 7.11. The van der Waals surface area contributed by atoms with E-state index in [4.69, 9.17) is 0 Å². The minimum Gasteiger partial charge on any atom is -0.325 e. The number of carbonyl (C=O) groups is 2. The Hall–Kier alpha value is -2.36. The summed E-state index contributed by atoms with van der Waals surface area (Å²) in [6.07, 6.45) is 3.02. The standard InChI is InChI=1S/C24H29N3O4S2/c1-17-6-7-19(14-18(17)2)25-23(28)16-27-21-15-20(8-9-22(21)32-13-10-24(27)29)33(30,31)26-11-4-3-5-12-26/h6-9,14-15H,3-5,10-13,16H2,1-2H3,(H,25,28). The second kappa shape index (κ2) is 9.87. The van der Waals surface area contributed by atoms with Crippen molar-refractivity contribution in [2.24, 2.45) is 0 Å². The van der Waals surface area contributed by atoms with Crippen LogP contribution < -0.4 is 10.2 Å². The second-order valence-corrected chi connectivity index (χ2v) is 11.6. The first-order valence-electron chi connectivity index (χ1n) is 11.2. The molecule has 33 heavy (non-hydrogen) atoms. The maximum absolute atomic E-state index is 13.2. The molecular formula is C24H29N3O4S2. The number of carbonyl (C=O) groups excluding carboxylic acids is 2. The van der Waals surface area contributed by atoms with Gasteiger partial charge in [0.1, 0.15) is 6.54 Å². The number of amides is 2. The average Bonchev–Trinajstić information content (AvgIpc) is 2.95. The van der Waals surface area contributed by atoms with E-state index in [1.165, 1.54) is 21.0 Å². The normalized spacial score (nSPS) is 17.4. The number of piperidine rings is 1. The molecule has 1 saturated heterocycles. The fourth-order valence-electron chi connectivity index (χ4n) is 4.10. The number of rotatable bonds is 5. The Morgan fingerprint density at radius 2 is 1.79 bits per heavy atom. The van der Waals surface area contributed by atoms with Crippen molar-refractivity contribution in [3.05, 3.63) is 47.5 Å². The molecule has 0 radical (unpaired) electrons. The third kappa shape index (κ3) is 5.26. The molecule has 0 aliphatic carbocycles. The highest BCUT2D eigenvalue weighted by Gasteiger charge is 2.30. The zero-order valence-electron chi connectivity index (χ0n) is 19.0. The van der Waals surface area contributed by atoms with Crippen LogP contribution in [0.3, 0.4) is 0 Å². The van der Waals surface area contributed by atoms with E-state index in [9.17, 15) is 18.0 Å². The van der Waals surface area contributed by atoms with Gasteiger partial charge in [-0.15, -0.1) is 11.8 Å². The number of anilines is 2. The van der Waals surface area contributed by atoms with E-state index in [0.29, 0.717) is 30.2 Å². The van der Waals surface area contributed by atoms with Gasteiger partial charge in [0.2, 0.25) is 21.8 Å². The maximum atomic E-state index is 13.2. The predicted octanol–water partition coefficient (Wildman–Crippen LogP) is 3.95. The minimum absolute atomic E-state index is 0.165. The Balaban J connectivity index is 1.61. The van der Waals surface area contributed by atoms with E-state index < -0.39 is 10.0 Å². The molecule has 9 heteroatoms. The molecule has 1 N–H and O–H groups in total. The van der Waals surface area contributed by atoms with Gasteiger partial charge in [-0.2, -0.15) is 4.31 Å². The highest BCUT2D eigenvalue weighted by molar-refractivity contribution is 7.99. The number of nitrogens with zero attached hydrogens (tertiary/aromatic N) is 2. The van der Waals surface area contributed by atoms with E-state index in [0.717, 1.165) is 35.3 Å². The van der Waals surface area contributed by atoms with Crippen LogP contribution in [-0.4, -0.2) is 49.9 Å². The summed E-state index contributed by atoms with van der Waals surface area (Å²) < 4.78 is 27.9. The number of nitrogens with one attached hydrogen (secondary N) is 1. The van der Waals surface area contributed by atoms with Crippen molar-refractivity contribution in [1.29, 1.82) is 0 Å². The molecule has 2 aromatic rings. The monoisotopic (exact) mass is 487 g/mol. The van der Waals surface area contributed by atoms with Gasteiger partial charge in [-0.05, 0) is 68.1 Å². The van der Waals surface area contributed by atoms with Crippen LogP contribution in [0.2, 0.25) is 0 Å². The van der Waals surface area contributed by atoms with Gasteiger partial charge in [-0.1, -0.05) is 12.5 Å². The summed E-state index contributed by atoms with van der Waals surface area (Å²) in [6, 6.07) is 10.6. The molecule has 2 aromatic carbocycles. The van der Waals surface area contributed by atoms with Gasteiger partial charge in [-0.25, -0.2) is 8.42 Å². The minimum atomic E-state index is -3.65. The summed E-state index contributed by atoms with van der Waals surface area (Å²) in [5.41, 5.74) is 3.34. The van der Waals surface area contributed by atoms with Crippen molar-refractivity contribution in [1.82, 2.24) is 4.31 Å². The number of benzene rings is 2. The van der Waals surface area contributed by atoms with Crippen LogP contribution in [0.15, 0.2) is 46.2 Å². The lowest BCUT2D eigenvalue weighted by atomic mass is 10.1. The second-order valence-electron chi connectivity index (χ2n) is 8.52. The molecule has 0 atom stereocenters. The van der Waals surface area contributed by atoms with Crippen LogP contribution >= 0.6 is 11.8 Å². The van der Waals surface area contributed by atoms with Crippen molar-refractivity contribution in [2.45, 2.75) is 49.3 Å². The molecule has 4 rings (SSSR count). The van der Waals surface area contributed by atoms with Crippen LogP contribution in [-0.2, 0) is 19.6 Å². The first-order chi connectivity index (χ1) is 15.8. The van der Waals surface area contributed by atoms with E-state index in [1.54, 1.807) is 18.2 Å². The predicted molar refractivity (Wildman–Crippen MR) is 131 cm³/mol. The quantitative estimate of drug-likeness (QED) is 0.690. The molecule has 0 spiro atoms. The Morgan fingerprint density at radius 1 is 1.03 bits per heavy atom. The first-order valence-corrected chi connectivity index (χ1v) is 13.6. The number of thioether (sulfide) groups is 1. The van der Waals surface area contributed by atoms with Crippen LogP contribution in [0.5, 0.6) is 0 Å². The van der Waals surface area contributed by atoms with Gasteiger partial charge in [0.15, 0.2) is 0 Å². The summed E-state index contributed by atoms with van der Waals surface area (Å²) in [4.78, 5) is 28.1. The smallest absolute Gasteiger partial charge is 0.244 e. The zero-order valence-corrected chi connectivity index (χ0v) is 20.6. The summed E-state index contributed by atoms with van der Waals surface area (Å²) in [5, 5.41) is 2.86. The van der Waals surface area contributed by atoms with Gasteiger partial charge < -0.3 is 10.2 Å². The largest absolute Gasteiger partial charge is 0.325 e. The fourth-order valence-corrected chi connectivity index (χ4v) is 6.61. The molecule has 2 heterocycles. The molecule has 0 bridgehead atoms. The number of hydrogen-bond acceptors (Lipinski definition) is 5. The Morgan fingerprint density at radius 3 is 2.52 bits per heavy atom. The van der Waals surface area contributed by atoms with Crippen LogP contribution in [0, 0.1) is 13.8 Å². The van der Waals surface area contributed by atoms with Crippen LogP contribution in [0.1, 0.15) is 36.8 Å². The molecule has 0 unspecified atom stereocenters. The van der Waals surface area contributed by atoms with E-state index in [2.05, 4.69) is 5.32 Å². The Labute approximate surface area is 199 Å². The van der Waals surface area contributed by atoms with Crippen molar-refractivity contribution in [3.63, 3.8) is 0 Å². The lowest BCUT2D eigenvalue weighted by Gasteiger charge is -2.27. The molecule has 0 aromatic heterocycles. The van der Waals surface area contributed by atoms with Crippen molar-refractivity contribution in [2.75, 3.05) is 35.6 Å². The molecular weight excluding hydrogens is 458 g/mol. The van der Waals surface area contributed by atoms with Gasteiger partial charge in [0.05, 0.1) is 10.6 Å². The van der Waals surface area contributed by atoms with Gasteiger partial charge in [0.25, 0.3) is 0 Å². The van der Waals surface area contributed by atoms with Crippen molar-refractivity contribution in [3.8, 4) is 0 Å². The summed E-state index contributed by atoms with van der Waals surface area (Å²) in [5.74, 6) is 0.0667. The Bertz CT molecular complexity index is 1170. The maximum Gasteiger partial charge on any atom is 0.244 e. The summed E-state index contributed by atoms with van der Waals surface area (Å²) in [6.45, 7) is 4.82. The lowest BCUT2D eigenvalue weighted by molar-refractivity contribution is -0.121. The molecule has 7 nitrogen and oxygen atoms in total. The number of fused-ring (bicyclic) bond motifs is 1. The van der Waals surface area contributed by atoms with Gasteiger partial charge in [-0.3, -0.25) is 9.59 Å². The average molecular weight is 488 g/mol. The molecule has 1 fully saturated rings. The van der Waals surface area contributed by atoms with Gasteiger partial charge >= 0.3 is 0 Å². The highest BCUT2D eigenvalue weighted by Crippen LogP contribution is 2.37. The third-order valence-corrected chi connectivity index (χ3v) is 9.10. The molecule has 2 amide bonds. The van der Waals surface area contributed by atoms with E-state index >= 15 is 0 Å². The molecule has 2 aliphatic heterocycles. The van der Waals surface area contributed by atoms with Gasteiger partial charge in [0, 0.05) is 35.8 Å².